The molecule has 0 aliphatic carbocycles. The van der Waals surface area contributed by atoms with E-state index in [1.54, 1.807) is 6.07 Å². The molecular weight excluding hydrogens is 340 g/mol. The van der Waals surface area contributed by atoms with Crippen molar-refractivity contribution in [2.75, 3.05) is 19.6 Å². The van der Waals surface area contributed by atoms with E-state index in [0.29, 0.717) is 18.3 Å². The van der Waals surface area contributed by atoms with E-state index in [2.05, 4.69) is 22.2 Å². The molecule has 2 aromatic rings. The third-order valence-electron chi connectivity index (χ3n) is 5.11. The summed E-state index contributed by atoms with van der Waals surface area (Å²) in [6.45, 7) is 4.99. The summed E-state index contributed by atoms with van der Waals surface area (Å²) < 4.78 is 1.23. The van der Waals surface area contributed by atoms with Crippen LogP contribution in [0.1, 0.15) is 32.6 Å². The third-order valence-corrected chi connectivity index (χ3v) is 5.11. The highest BCUT2D eigenvalue weighted by atomic mass is 16.2. The molecule has 1 aromatic heterocycles. The quantitative estimate of drug-likeness (QED) is 0.762. The van der Waals surface area contributed by atoms with Gasteiger partial charge in [-0.05, 0) is 38.8 Å². The standard InChI is InChI=1S/C21H28N4O2/c1-17-8-5-6-14-24(17)15-7-13-22-20(26)16-25-21(27)12-11-19(23-25)18-9-3-2-4-10-18/h2-4,9-12,17H,5-8,13-16H2,1H3,(H,22,26)/t17-/m1/s1. The number of piperidine rings is 1. The molecule has 2 heterocycles. The van der Waals surface area contributed by atoms with Gasteiger partial charge in [-0.3, -0.25) is 9.59 Å². The molecular formula is C21H28N4O2. The fraction of sp³-hybridized carbons (Fsp3) is 0.476. The second-order valence-corrected chi connectivity index (χ2v) is 7.16. The molecule has 1 aliphatic rings. The molecule has 1 amide bonds. The van der Waals surface area contributed by atoms with Gasteiger partial charge < -0.3 is 10.2 Å². The average Bonchev–Trinajstić information content (AvgIpc) is 2.69. The Balaban J connectivity index is 1.49. The monoisotopic (exact) mass is 368 g/mol. The van der Waals surface area contributed by atoms with Crippen molar-refractivity contribution in [3.8, 4) is 11.3 Å². The Kier molecular flexibility index (Phi) is 6.76. The van der Waals surface area contributed by atoms with Crippen LogP contribution >= 0.6 is 0 Å². The number of hydrogen-bond acceptors (Lipinski definition) is 4. The van der Waals surface area contributed by atoms with Crippen molar-refractivity contribution in [1.29, 1.82) is 0 Å². The van der Waals surface area contributed by atoms with Crippen LogP contribution in [0.5, 0.6) is 0 Å². The SMILES string of the molecule is C[C@@H]1CCCCN1CCCNC(=O)Cn1nc(-c2ccccc2)ccc1=O. The number of carbonyl (C=O) groups is 1. The second-order valence-electron chi connectivity index (χ2n) is 7.16. The Bertz CT molecular complexity index is 803. The first-order valence-electron chi connectivity index (χ1n) is 9.78. The Morgan fingerprint density at radius 3 is 2.78 bits per heavy atom. The van der Waals surface area contributed by atoms with Crippen molar-refractivity contribution in [2.45, 2.75) is 45.2 Å². The molecule has 3 rings (SSSR count). The number of carbonyl (C=O) groups excluding carboxylic acids is 1. The van der Waals surface area contributed by atoms with Gasteiger partial charge in [0.2, 0.25) is 5.91 Å². The van der Waals surface area contributed by atoms with E-state index in [4.69, 9.17) is 0 Å². The molecule has 0 radical (unpaired) electrons. The van der Waals surface area contributed by atoms with E-state index in [-0.39, 0.29) is 18.0 Å². The number of aromatic nitrogens is 2. The minimum absolute atomic E-state index is 0.0559. The maximum Gasteiger partial charge on any atom is 0.267 e. The number of rotatable bonds is 7. The summed E-state index contributed by atoms with van der Waals surface area (Å²) in [6, 6.07) is 13.4. The van der Waals surface area contributed by atoms with Gasteiger partial charge in [-0.2, -0.15) is 5.10 Å². The first kappa shape index (κ1) is 19.3. The molecule has 1 fully saturated rings. The summed E-state index contributed by atoms with van der Waals surface area (Å²) in [5.41, 5.74) is 1.33. The summed E-state index contributed by atoms with van der Waals surface area (Å²) in [4.78, 5) is 26.7. The second kappa shape index (κ2) is 9.46. The minimum Gasteiger partial charge on any atom is -0.354 e. The molecule has 0 saturated carbocycles. The molecule has 0 spiro atoms. The van der Waals surface area contributed by atoms with Gasteiger partial charge in [-0.1, -0.05) is 36.8 Å². The molecule has 6 nitrogen and oxygen atoms in total. The van der Waals surface area contributed by atoms with E-state index < -0.39 is 0 Å². The number of nitrogens with zero attached hydrogens (tertiary/aromatic N) is 3. The maximum atomic E-state index is 12.2. The molecule has 1 saturated heterocycles. The van der Waals surface area contributed by atoms with Crippen molar-refractivity contribution in [3.63, 3.8) is 0 Å². The van der Waals surface area contributed by atoms with Gasteiger partial charge in [-0.15, -0.1) is 0 Å². The van der Waals surface area contributed by atoms with Gasteiger partial charge in [0, 0.05) is 30.8 Å². The molecule has 1 aromatic carbocycles. The first-order valence-corrected chi connectivity index (χ1v) is 9.78. The predicted octanol–water partition coefficient (Wildman–Crippen LogP) is 2.29. The smallest absolute Gasteiger partial charge is 0.267 e. The third kappa shape index (κ3) is 5.50. The van der Waals surface area contributed by atoms with Gasteiger partial charge >= 0.3 is 0 Å². The van der Waals surface area contributed by atoms with Gasteiger partial charge in [-0.25, -0.2) is 4.68 Å². The molecule has 27 heavy (non-hydrogen) atoms. The van der Waals surface area contributed by atoms with Crippen LogP contribution < -0.4 is 10.9 Å². The minimum atomic E-state index is -0.271. The van der Waals surface area contributed by atoms with E-state index in [0.717, 1.165) is 25.1 Å². The van der Waals surface area contributed by atoms with Crippen LogP contribution in [0.3, 0.4) is 0 Å². The summed E-state index contributed by atoms with van der Waals surface area (Å²) in [5.74, 6) is -0.179. The fourth-order valence-electron chi connectivity index (χ4n) is 3.52. The lowest BCUT2D eigenvalue weighted by atomic mass is 10.0. The van der Waals surface area contributed by atoms with Crippen LogP contribution in [0.25, 0.3) is 11.3 Å². The molecule has 1 atom stereocenters. The lowest BCUT2D eigenvalue weighted by Gasteiger charge is -2.33. The summed E-state index contributed by atoms with van der Waals surface area (Å²) >= 11 is 0. The van der Waals surface area contributed by atoms with Gasteiger partial charge in [0.25, 0.3) is 5.56 Å². The number of nitrogens with one attached hydrogen (secondary N) is 1. The van der Waals surface area contributed by atoms with Crippen molar-refractivity contribution in [1.82, 2.24) is 20.0 Å². The summed E-state index contributed by atoms with van der Waals surface area (Å²) in [5, 5.41) is 7.24. The number of benzene rings is 1. The predicted molar refractivity (Wildman–Crippen MR) is 106 cm³/mol. The number of hydrogen-bond donors (Lipinski definition) is 1. The van der Waals surface area contributed by atoms with E-state index in [9.17, 15) is 9.59 Å². The zero-order chi connectivity index (χ0) is 19.1. The van der Waals surface area contributed by atoms with Crippen molar-refractivity contribution in [2.24, 2.45) is 0 Å². The average molecular weight is 368 g/mol. The van der Waals surface area contributed by atoms with Crippen molar-refractivity contribution in [3.05, 3.63) is 52.8 Å². The van der Waals surface area contributed by atoms with Crippen molar-refractivity contribution < 1.29 is 4.79 Å². The Hall–Kier alpha value is -2.47. The van der Waals surface area contributed by atoms with Crippen LogP contribution in [-0.2, 0) is 11.3 Å². The van der Waals surface area contributed by atoms with Crippen LogP contribution in [0.15, 0.2) is 47.3 Å². The van der Waals surface area contributed by atoms with Crippen LogP contribution in [0.2, 0.25) is 0 Å². The molecule has 0 unspecified atom stereocenters. The molecule has 0 bridgehead atoms. The maximum absolute atomic E-state index is 12.2. The van der Waals surface area contributed by atoms with E-state index in [1.165, 1.54) is 30.0 Å². The van der Waals surface area contributed by atoms with Gasteiger partial charge in [0.05, 0.1) is 5.69 Å². The van der Waals surface area contributed by atoms with Crippen LogP contribution in [0.4, 0.5) is 0 Å². The highest BCUT2D eigenvalue weighted by Gasteiger charge is 2.17. The van der Waals surface area contributed by atoms with E-state index in [1.807, 2.05) is 30.3 Å². The zero-order valence-corrected chi connectivity index (χ0v) is 15.9. The van der Waals surface area contributed by atoms with Gasteiger partial charge in [0.15, 0.2) is 0 Å². The molecule has 1 N–H and O–H groups in total. The van der Waals surface area contributed by atoms with E-state index >= 15 is 0 Å². The molecule has 6 heteroatoms. The highest BCUT2D eigenvalue weighted by molar-refractivity contribution is 5.75. The summed E-state index contributed by atoms with van der Waals surface area (Å²) in [6.07, 6.45) is 4.77. The summed E-state index contributed by atoms with van der Waals surface area (Å²) in [7, 11) is 0. The molecule has 1 aliphatic heterocycles. The number of likely N-dealkylation sites (tertiary alicyclic amines) is 1. The normalized spacial score (nSPS) is 17.6. The van der Waals surface area contributed by atoms with Crippen LogP contribution in [0, 0.1) is 0 Å². The van der Waals surface area contributed by atoms with Crippen LogP contribution in [-0.4, -0.2) is 46.3 Å². The zero-order valence-electron chi connectivity index (χ0n) is 15.9. The fourth-order valence-corrected chi connectivity index (χ4v) is 3.52. The van der Waals surface area contributed by atoms with Crippen molar-refractivity contribution >= 4 is 5.91 Å². The Morgan fingerprint density at radius 2 is 2.00 bits per heavy atom. The number of amides is 1. The van der Waals surface area contributed by atoms with Gasteiger partial charge in [0.1, 0.15) is 6.54 Å². The lowest BCUT2D eigenvalue weighted by Crippen LogP contribution is -2.39. The Morgan fingerprint density at radius 1 is 1.19 bits per heavy atom. The first-order chi connectivity index (χ1) is 13.1. The highest BCUT2D eigenvalue weighted by Crippen LogP contribution is 2.16. The molecule has 144 valence electrons. The largest absolute Gasteiger partial charge is 0.354 e. The Labute approximate surface area is 160 Å². The topological polar surface area (TPSA) is 67.2 Å². The lowest BCUT2D eigenvalue weighted by molar-refractivity contribution is -0.121.